The van der Waals surface area contributed by atoms with E-state index in [1.54, 1.807) is 14.2 Å². The van der Waals surface area contributed by atoms with E-state index in [-0.39, 0.29) is 11.0 Å². The van der Waals surface area contributed by atoms with Gasteiger partial charge in [0.25, 0.3) is 0 Å². The second-order valence-electron chi connectivity index (χ2n) is 6.84. The molecule has 0 aromatic rings. The van der Waals surface area contributed by atoms with Crippen molar-refractivity contribution in [3.63, 3.8) is 0 Å². The van der Waals surface area contributed by atoms with Crippen LogP contribution in [0.25, 0.3) is 0 Å². The van der Waals surface area contributed by atoms with Crippen molar-refractivity contribution in [2.24, 2.45) is 11.3 Å². The maximum absolute atomic E-state index is 6.40. The fourth-order valence-electron chi connectivity index (χ4n) is 3.32. The lowest BCUT2D eigenvalue weighted by Gasteiger charge is -2.42. The van der Waals surface area contributed by atoms with E-state index >= 15 is 0 Å². The maximum atomic E-state index is 6.40. The van der Waals surface area contributed by atoms with Gasteiger partial charge in [0.05, 0.1) is 25.4 Å². The molecule has 0 radical (unpaired) electrons. The number of methoxy groups -OCH3 is 2. The molecule has 1 fully saturated rings. The zero-order valence-corrected chi connectivity index (χ0v) is 14.2. The van der Waals surface area contributed by atoms with Gasteiger partial charge in [0.2, 0.25) is 0 Å². The Bertz CT molecular complexity index is 253. The van der Waals surface area contributed by atoms with Crippen molar-refractivity contribution in [2.45, 2.75) is 64.9 Å². The molecule has 1 rings (SSSR count). The van der Waals surface area contributed by atoms with Gasteiger partial charge in [0.1, 0.15) is 0 Å². The van der Waals surface area contributed by atoms with Gasteiger partial charge < -0.3 is 14.2 Å². The first kappa shape index (κ1) is 17.9. The molecule has 0 saturated heterocycles. The van der Waals surface area contributed by atoms with Crippen molar-refractivity contribution in [2.75, 3.05) is 34.0 Å². The summed E-state index contributed by atoms with van der Waals surface area (Å²) in [7, 11) is 3.55. The molecule has 1 saturated carbocycles. The predicted octanol–water partition coefficient (Wildman–Crippen LogP) is 4.05. The highest BCUT2D eigenvalue weighted by atomic mass is 16.5. The van der Waals surface area contributed by atoms with E-state index < -0.39 is 0 Å². The highest BCUT2D eigenvalue weighted by Gasteiger charge is 2.39. The molecule has 3 heteroatoms. The molecular formula is C17H34O3. The fraction of sp³-hybridized carbons (Fsp3) is 1.00. The largest absolute Gasteiger partial charge is 0.384 e. The van der Waals surface area contributed by atoms with Crippen LogP contribution in [0, 0.1) is 11.3 Å². The van der Waals surface area contributed by atoms with E-state index in [0.29, 0.717) is 19.1 Å². The Morgan fingerprint density at radius 1 is 1.00 bits per heavy atom. The summed E-state index contributed by atoms with van der Waals surface area (Å²) < 4.78 is 17.4. The molecule has 0 aromatic carbocycles. The first-order chi connectivity index (χ1) is 9.52. The normalized spacial score (nSPS) is 20.9. The predicted molar refractivity (Wildman–Crippen MR) is 83.1 cm³/mol. The molecule has 20 heavy (non-hydrogen) atoms. The summed E-state index contributed by atoms with van der Waals surface area (Å²) in [6.45, 7) is 8.92. The van der Waals surface area contributed by atoms with Crippen LogP contribution in [0.3, 0.4) is 0 Å². The lowest BCUT2D eigenvalue weighted by atomic mass is 9.76. The summed E-state index contributed by atoms with van der Waals surface area (Å²) in [5, 5.41) is 0. The number of rotatable bonds is 9. The molecule has 0 heterocycles. The van der Waals surface area contributed by atoms with Crippen LogP contribution in [0.2, 0.25) is 0 Å². The molecule has 0 spiro atoms. The molecule has 0 amide bonds. The molecule has 1 aliphatic carbocycles. The quantitative estimate of drug-likeness (QED) is 0.640. The van der Waals surface area contributed by atoms with Crippen LogP contribution in [-0.4, -0.2) is 39.6 Å². The third-order valence-corrected chi connectivity index (χ3v) is 5.14. The number of ether oxygens (including phenoxy) is 3. The van der Waals surface area contributed by atoms with E-state index in [9.17, 15) is 0 Å². The second-order valence-corrected chi connectivity index (χ2v) is 6.84. The molecule has 0 aromatic heterocycles. The lowest BCUT2D eigenvalue weighted by Crippen LogP contribution is -2.45. The SMILES string of the molecule is CCC(C)C(COC)(COC)COC1(C)CCCCC1. The van der Waals surface area contributed by atoms with Gasteiger partial charge in [-0.2, -0.15) is 0 Å². The van der Waals surface area contributed by atoms with Crippen molar-refractivity contribution in [1.29, 1.82) is 0 Å². The Hall–Kier alpha value is -0.120. The first-order valence-electron chi connectivity index (χ1n) is 8.14. The van der Waals surface area contributed by atoms with Crippen LogP contribution in [0.4, 0.5) is 0 Å². The van der Waals surface area contributed by atoms with E-state index in [4.69, 9.17) is 14.2 Å². The van der Waals surface area contributed by atoms with Gasteiger partial charge >= 0.3 is 0 Å². The Kier molecular flexibility index (Phi) is 7.49. The van der Waals surface area contributed by atoms with Crippen molar-refractivity contribution in [3.05, 3.63) is 0 Å². The van der Waals surface area contributed by atoms with Gasteiger partial charge in [-0.3, -0.25) is 0 Å². The van der Waals surface area contributed by atoms with Crippen molar-refractivity contribution in [1.82, 2.24) is 0 Å². The minimum Gasteiger partial charge on any atom is -0.384 e. The molecule has 3 nitrogen and oxygen atoms in total. The van der Waals surface area contributed by atoms with Gasteiger partial charge in [0, 0.05) is 19.6 Å². The summed E-state index contributed by atoms with van der Waals surface area (Å²) in [5.41, 5.74) is 0.0250. The summed E-state index contributed by atoms with van der Waals surface area (Å²) in [6.07, 6.45) is 7.42. The standard InChI is InChI=1S/C17H34O3/c1-6-15(2)17(12-18-4,13-19-5)14-20-16(3)10-8-7-9-11-16/h15H,6-14H2,1-5H3. The zero-order valence-electron chi connectivity index (χ0n) is 14.2. The van der Waals surface area contributed by atoms with Gasteiger partial charge in [-0.1, -0.05) is 39.5 Å². The molecule has 0 aliphatic heterocycles. The molecule has 0 N–H and O–H groups in total. The molecule has 1 atom stereocenters. The molecule has 0 bridgehead atoms. The smallest absolute Gasteiger partial charge is 0.0654 e. The van der Waals surface area contributed by atoms with Crippen LogP contribution in [0.1, 0.15) is 59.3 Å². The summed E-state index contributed by atoms with van der Waals surface area (Å²) in [6, 6.07) is 0. The summed E-state index contributed by atoms with van der Waals surface area (Å²) >= 11 is 0. The molecular weight excluding hydrogens is 252 g/mol. The average molecular weight is 286 g/mol. The maximum Gasteiger partial charge on any atom is 0.0654 e. The van der Waals surface area contributed by atoms with Gasteiger partial charge in [-0.25, -0.2) is 0 Å². The van der Waals surface area contributed by atoms with Gasteiger partial charge in [-0.05, 0) is 25.7 Å². The fourth-order valence-corrected chi connectivity index (χ4v) is 3.32. The third kappa shape index (κ3) is 4.71. The average Bonchev–Trinajstić information content (AvgIpc) is 2.45. The summed E-state index contributed by atoms with van der Waals surface area (Å²) in [4.78, 5) is 0. The first-order valence-corrected chi connectivity index (χ1v) is 8.14. The zero-order chi connectivity index (χ0) is 15.1. The molecule has 120 valence electrons. The minimum atomic E-state index is -0.0291. The number of hydrogen-bond donors (Lipinski definition) is 0. The highest BCUT2D eigenvalue weighted by molar-refractivity contribution is 4.87. The second kappa shape index (κ2) is 8.35. The highest BCUT2D eigenvalue weighted by Crippen LogP contribution is 2.37. The van der Waals surface area contributed by atoms with Crippen molar-refractivity contribution >= 4 is 0 Å². The van der Waals surface area contributed by atoms with Crippen LogP contribution < -0.4 is 0 Å². The Morgan fingerprint density at radius 2 is 1.55 bits per heavy atom. The molecule has 1 unspecified atom stereocenters. The monoisotopic (exact) mass is 286 g/mol. The van der Waals surface area contributed by atoms with E-state index in [2.05, 4.69) is 20.8 Å². The topological polar surface area (TPSA) is 27.7 Å². The van der Waals surface area contributed by atoms with Crippen molar-refractivity contribution < 1.29 is 14.2 Å². The van der Waals surface area contributed by atoms with Gasteiger partial charge in [0.15, 0.2) is 0 Å². The third-order valence-electron chi connectivity index (χ3n) is 5.14. The van der Waals surface area contributed by atoms with Crippen LogP contribution in [-0.2, 0) is 14.2 Å². The van der Waals surface area contributed by atoms with Gasteiger partial charge in [-0.15, -0.1) is 0 Å². The van der Waals surface area contributed by atoms with Crippen LogP contribution in [0.5, 0.6) is 0 Å². The number of hydrogen-bond acceptors (Lipinski definition) is 3. The Labute approximate surface area is 125 Å². The summed E-state index contributed by atoms with van der Waals surface area (Å²) in [5.74, 6) is 0.523. The minimum absolute atomic E-state index is 0.0291. The lowest BCUT2D eigenvalue weighted by molar-refractivity contribution is -0.138. The van der Waals surface area contributed by atoms with Crippen molar-refractivity contribution in [3.8, 4) is 0 Å². The van der Waals surface area contributed by atoms with E-state index in [0.717, 1.165) is 13.0 Å². The van der Waals surface area contributed by atoms with Crippen LogP contribution in [0.15, 0.2) is 0 Å². The Morgan fingerprint density at radius 3 is 2.00 bits per heavy atom. The van der Waals surface area contributed by atoms with E-state index in [1.807, 2.05) is 0 Å². The van der Waals surface area contributed by atoms with E-state index in [1.165, 1.54) is 32.1 Å². The Balaban J connectivity index is 2.71. The molecule has 1 aliphatic rings. The van der Waals surface area contributed by atoms with Crippen LogP contribution >= 0.6 is 0 Å².